The normalized spacial score (nSPS) is 18.4. The van der Waals surface area contributed by atoms with Gasteiger partial charge in [-0.1, -0.05) is 36.4 Å². The lowest BCUT2D eigenvalue weighted by atomic mass is 9.84. The van der Waals surface area contributed by atoms with Gasteiger partial charge in [0.2, 0.25) is 0 Å². The summed E-state index contributed by atoms with van der Waals surface area (Å²) < 4.78 is 57.2. The summed E-state index contributed by atoms with van der Waals surface area (Å²) in [5.41, 5.74) is 4.43. The van der Waals surface area contributed by atoms with Gasteiger partial charge in [0, 0.05) is 30.3 Å². The lowest BCUT2D eigenvalue weighted by Gasteiger charge is -2.44. The summed E-state index contributed by atoms with van der Waals surface area (Å²) in [6.07, 6.45) is 4.70. The maximum Gasteiger partial charge on any atom is 0.337 e. The molecule has 2 aliphatic rings. The second-order valence-corrected chi connectivity index (χ2v) is 12.3. The van der Waals surface area contributed by atoms with E-state index < -0.39 is 23.3 Å². The highest BCUT2D eigenvalue weighted by atomic mass is 19.1. The van der Waals surface area contributed by atoms with Crippen LogP contribution in [0.25, 0.3) is 5.57 Å². The number of carbonyl (C=O) groups is 1. The van der Waals surface area contributed by atoms with Crippen LogP contribution in [0.15, 0.2) is 66.2 Å². The minimum atomic E-state index is -1.53. The van der Waals surface area contributed by atoms with Crippen molar-refractivity contribution in [1.82, 2.24) is 4.90 Å². The molecule has 0 spiro atoms. The number of aryl methyl sites for hydroxylation is 1. The van der Waals surface area contributed by atoms with Gasteiger partial charge in [0.1, 0.15) is 23.1 Å². The minimum Gasteiger partial charge on any atom is -0.493 e. The van der Waals surface area contributed by atoms with Gasteiger partial charge >= 0.3 is 5.97 Å². The number of esters is 1. The molecule has 7 heteroatoms. The van der Waals surface area contributed by atoms with Crippen LogP contribution in [0.5, 0.6) is 5.75 Å². The minimum absolute atomic E-state index is 0.0401. The summed E-state index contributed by atoms with van der Waals surface area (Å²) in [6, 6.07) is 17.2. The zero-order chi connectivity index (χ0) is 30.7. The smallest absolute Gasteiger partial charge is 0.337 e. The van der Waals surface area contributed by atoms with E-state index >= 15 is 13.2 Å². The summed E-state index contributed by atoms with van der Waals surface area (Å²) in [6.45, 7) is 5.43. The number of ether oxygens (including phenoxy) is 2. The highest BCUT2D eigenvalue weighted by Gasteiger charge is 2.43. The highest BCUT2D eigenvalue weighted by molar-refractivity contribution is 5.89. The Bertz CT molecular complexity index is 1470. The molecule has 1 aliphatic heterocycles. The van der Waals surface area contributed by atoms with Gasteiger partial charge in [-0.2, -0.15) is 0 Å². The lowest BCUT2D eigenvalue weighted by Crippen LogP contribution is -2.47. The monoisotopic (exact) mass is 591 g/mol. The molecule has 2 atom stereocenters. The Morgan fingerprint density at radius 1 is 1.00 bits per heavy atom. The van der Waals surface area contributed by atoms with E-state index in [1.165, 1.54) is 33.1 Å². The molecule has 228 valence electrons. The van der Waals surface area contributed by atoms with Crippen molar-refractivity contribution in [3.8, 4) is 5.75 Å². The van der Waals surface area contributed by atoms with E-state index in [1.54, 1.807) is 12.1 Å². The van der Waals surface area contributed by atoms with Crippen molar-refractivity contribution in [2.24, 2.45) is 0 Å². The molecule has 0 amide bonds. The van der Waals surface area contributed by atoms with Crippen LogP contribution in [0.3, 0.4) is 0 Å². The Morgan fingerprint density at radius 3 is 2.37 bits per heavy atom. The first-order valence-corrected chi connectivity index (χ1v) is 15.1. The average molecular weight is 592 g/mol. The fourth-order valence-electron chi connectivity index (χ4n) is 6.47. The van der Waals surface area contributed by atoms with Crippen molar-refractivity contribution >= 4 is 11.5 Å². The number of hydrogen-bond acceptors (Lipinski definition) is 4. The predicted molar refractivity (Wildman–Crippen MR) is 163 cm³/mol. The van der Waals surface area contributed by atoms with Crippen molar-refractivity contribution in [3.05, 3.63) is 106 Å². The second kappa shape index (κ2) is 13.0. The Labute approximate surface area is 252 Å². The number of nitrogens with zero attached hydrogens (tertiary/aromatic N) is 1. The molecular formula is C36H40F3NO3. The number of rotatable bonds is 11. The molecule has 43 heavy (non-hydrogen) atoms. The van der Waals surface area contributed by atoms with Crippen LogP contribution in [0, 0.1) is 11.6 Å². The Morgan fingerprint density at radius 2 is 1.70 bits per heavy atom. The van der Waals surface area contributed by atoms with Gasteiger partial charge < -0.3 is 9.47 Å². The van der Waals surface area contributed by atoms with Crippen molar-refractivity contribution in [3.63, 3.8) is 0 Å². The zero-order valence-corrected chi connectivity index (χ0v) is 25.4. The average Bonchev–Trinajstić information content (AvgIpc) is 3.33. The number of methoxy groups -OCH3 is 1. The quantitative estimate of drug-likeness (QED) is 0.166. The third-order valence-electron chi connectivity index (χ3n) is 8.48. The first kappa shape index (κ1) is 30.9. The number of carbonyl (C=O) groups excluding carboxylic acids is 1. The maximum absolute atomic E-state index is 15.8. The van der Waals surface area contributed by atoms with E-state index in [9.17, 15) is 4.79 Å². The molecule has 0 saturated heterocycles. The summed E-state index contributed by atoms with van der Waals surface area (Å²) >= 11 is 0. The van der Waals surface area contributed by atoms with Crippen LogP contribution in [-0.2, 0) is 17.6 Å². The van der Waals surface area contributed by atoms with E-state index in [-0.39, 0.29) is 29.9 Å². The number of hydrogen-bond donors (Lipinski definition) is 0. The molecule has 4 nitrogen and oxygen atoms in total. The van der Waals surface area contributed by atoms with Gasteiger partial charge in [0.25, 0.3) is 0 Å². The largest absolute Gasteiger partial charge is 0.493 e. The topological polar surface area (TPSA) is 38.8 Å². The van der Waals surface area contributed by atoms with Crippen molar-refractivity contribution < 1.29 is 27.4 Å². The van der Waals surface area contributed by atoms with Gasteiger partial charge in [-0.15, -0.1) is 0 Å². The van der Waals surface area contributed by atoms with Crippen LogP contribution < -0.4 is 4.74 Å². The molecule has 1 heterocycles. The number of benzene rings is 3. The fourth-order valence-corrected chi connectivity index (χ4v) is 6.47. The fraction of sp³-hybridized carbons (Fsp3) is 0.417. The van der Waals surface area contributed by atoms with Crippen molar-refractivity contribution in [1.29, 1.82) is 0 Å². The zero-order valence-electron chi connectivity index (χ0n) is 25.4. The third-order valence-corrected chi connectivity index (χ3v) is 8.48. The molecule has 3 aromatic rings. The van der Waals surface area contributed by atoms with Crippen LogP contribution in [0.4, 0.5) is 13.2 Å². The van der Waals surface area contributed by atoms with Crippen LogP contribution in [-0.4, -0.2) is 42.8 Å². The summed E-state index contributed by atoms with van der Waals surface area (Å²) in [7, 11) is 1.36. The van der Waals surface area contributed by atoms with Crippen LogP contribution >= 0.6 is 0 Å². The van der Waals surface area contributed by atoms with E-state index in [4.69, 9.17) is 9.47 Å². The van der Waals surface area contributed by atoms with Crippen molar-refractivity contribution in [2.45, 2.75) is 77.0 Å². The maximum atomic E-state index is 15.8. The SMILES string of the molecule is COC(=O)c1ccc(CCCCCOc2cc(F)c([C@@H]3C4=C(C[C@@H](C)N3CC(C)(C)F)c3ccccc3C4)c(F)c2)cc1. The van der Waals surface area contributed by atoms with Crippen molar-refractivity contribution in [2.75, 3.05) is 20.3 Å². The molecule has 0 fully saturated rings. The van der Waals surface area contributed by atoms with Gasteiger partial charge in [-0.3, -0.25) is 4.90 Å². The molecule has 3 aromatic carbocycles. The van der Waals surface area contributed by atoms with Gasteiger partial charge in [-0.25, -0.2) is 18.0 Å². The molecule has 1 aliphatic carbocycles. The standard InChI is InChI=1S/C36H40F3NO3/c1-23-18-29-28-12-8-7-11-26(28)19-30(29)34(40(23)22-36(2,3)39)33-31(37)20-27(21-32(33)38)43-17-9-5-6-10-24-13-15-25(16-14-24)35(41)42-4/h7-8,11-16,20-21,23,34H,5-6,9-10,17-19,22H2,1-4H3/t23-,34+/m1/s1. The molecule has 0 bridgehead atoms. The Kier molecular flexibility index (Phi) is 9.30. The summed E-state index contributed by atoms with van der Waals surface area (Å²) in [5, 5.41) is 0. The summed E-state index contributed by atoms with van der Waals surface area (Å²) in [5.74, 6) is -1.55. The van der Waals surface area contributed by atoms with Gasteiger partial charge in [-0.05, 0) is 99.3 Å². The number of fused-ring (bicyclic) bond motifs is 2. The Balaban J connectivity index is 1.26. The molecule has 0 radical (unpaired) electrons. The summed E-state index contributed by atoms with van der Waals surface area (Å²) in [4.78, 5) is 13.5. The molecule has 5 rings (SSSR count). The lowest BCUT2D eigenvalue weighted by molar-refractivity contribution is 0.0600. The van der Waals surface area contributed by atoms with Gasteiger partial charge in [0.05, 0.1) is 25.3 Å². The predicted octanol–water partition coefficient (Wildman–Crippen LogP) is 8.44. The number of unbranched alkanes of at least 4 members (excludes halogenated alkanes) is 2. The first-order chi connectivity index (χ1) is 20.6. The molecule has 0 aromatic heterocycles. The molecule has 0 N–H and O–H groups in total. The van der Waals surface area contributed by atoms with Crippen LogP contribution in [0.1, 0.15) is 85.1 Å². The van der Waals surface area contributed by atoms with E-state index in [0.29, 0.717) is 25.0 Å². The molecular weight excluding hydrogens is 551 g/mol. The Hall–Kier alpha value is -3.58. The first-order valence-electron chi connectivity index (χ1n) is 15.1. The third kappa shape index (κ3) is 6.98. The molecule has 0 saturated carbocycles. The highest BCUT2D eigenvalue weighted by Crippen LogP contribution is 2.50. The van der Waals surface area contributed by atoms with E-state index in [0.717, 1.165) is 53.5 Å². The van der Waals surface area contributed by atoms with E-state index in [2.05, 4.69) is 12.1 Å². The van der Waals surface area contributed by atoms with Gasteiger partial charge in [0.15, 0.2) is 0 Å². The second-order valence-electron chi connectivity index (χ2n) is 12.3. The number of halogens is 3. The van der Waals surface area contributed by atoms with Crippen LogP contribution in [0.2, 0.25) is 0 Å². The number of alkyl halides is 1. The van der Waals surface area contributed by atoms with E-state index in [1.807, 2.05) is 36.1 Å². The molecule has 0 unspecified atom stereocenters.